The lowest BCUT2D eigenvalue weighted by atomic mass is 10.1. The Morgan fingerprint density at radius 2 is 1.85 bits per heavy atom. The van der Waals surface area contributed by atoms with Gasteiger partial charge in [-0.2, -0.15) is 0 Å². The zero-order valence-electron chi connectivity index (χ0n) is 11.2. The van der Waals surface area contributed by atoms with Crippen molar-refractivity contribution in [3.05, 3.63) is 63.1 Å². The molecule has 1 atom stereocenters. The quantitative estimate of drug-likeness (QED) is 0.718. The minimum Gasteiger partial charge on any atom is -0.481 e. The van der Waals surface area contributed by atoms with E-state index in [0.717, 1.165) is 10.0 Å². The molecular weight excluding hydrogens is 340 g/mol. The van der Waals surface area contributed by atoms with Crippen LogP contribution in [0.5, 0.6) is 5.75 Å². The van der Waals surface area contributed by atoms with Crippen molar-refractivity contribution < 1.29 is 9.53 Å². The second-order valence-electron chi connectivity index (χ2n) is 4.57. The number of hydrogen-bond donors (Lipinski definition) is 0. The van der Waals surface area contributed by atoms with Crippen LogP contribution in [0.4, 0.5) is 0 Å². The summed E-state index contributed by atoms with van der Waals surface area (Å²) in [5, 5.41) is 0.613. The van der Waals surface area contributed by atoms with E-state index in [2.05, 4.69) is 15.9 Å². The fraction of sp³-hybridized carbons (Fsp3) is 0.188. The highest BCUT2D eigenvalue weighted by atomic mass is 79.9. The van der Waals surface area contributed by atoms with Gasteiger partial charge < -0.3 is 4.74 Å². The molecule has 0 saturated heterocycles. The summed E-state index contributed by atoms with van der Waals surface area (Å²) in [4.78, 5) is 12.3. The first kappa shape index (κ1) is 15.1. The number of Topliss-reactive ketones (excluding diaryl/α,β-unsaturated/α-hetero) is 1. The van der Waals surface area contributed by atoms with Crippen LogP contribution >= 0.6 is 27.5 Å². The molecule has 0 aliphatic carbocycles. The van der Waals surface area contributed by atoms with Crippen molar-refractivity contribution in [2.75, 3.05) is 0 Å². The predicted octanol–water partition coefficient (Wildman–Crippen LogP) is 5.06. The fourth-order valence-electron chi connectivity index (χ4n) is 1.77. The summed E-state index contributed by atoms with van der Waals surface area (Å²) in [6.07, 6.45) is -0.560. The summed E-state index contributed by atoms with van der Waals surface area (Å²) < 4.78 is 6.42. The Labute approximate surface area is 131 Å². The normalized spacial score (nSPS) is 12.0. The molecule has 0 aliphatic rings. The number of hydrogen-bond acceptors (Lipinski definition) is 2. The maximum atomic E-state index is 12.3. The van der Waals surface area contributed by atoms with Crippen molar-refractivity contribution in [1.29, 1.82) is 0 Å². The van der Waals surface area contributed by atoms with E-state index in [-0.39, 0.29) is 5.78 Å². The highest BCUT2D eigenvalue weighted by Gasteiger charge is 2.17. The molecule has 0 bridgehead atoms. The van der Waals surface area contributed by atoms with Crippen molar-refractivity contribution >= 4 is 33.3 Å². The first-order valence-electron chi connectivity index (χ1n) is 6.20. The molecule has 104 valence electrons. The molecule has 0 heterocycles. The van der Waals surface area contributed by atoms with Crippen molar-refractivity contribution in [1.82, 2.24) is 0 Å². The highest BCUT2D eigenvalue weighted by Crippen LogP contribution is 2.29. The third-order valence-corrected chi connectivity index (χ3v) is 3.76. The van der Waals surface area contributed by atoms with Gasteiger partial charge in [0, 0.05) is 10.6 Å². The zero-order valence-corrected chi connectivity index (χ0v) is 13.5. The van der Waals surface area contributed by atoms with Crippen LogP contribution in [0.3, 0.4) is 0 Å². The molecule has 0 spiro atoms. The second-order valence-corrected chi connectivity index (χ2v) is 5.86. The molecule has 1 unspecified atom stereocenters. The van der Waals surface area contributed by atoms with Crippen LogP contribution in [0.25, 0.3) is 0 Å². The monoisotopic (exact) mass is 352 g/mol. The van der Waals surface area contributed by atoms with Gasteiger partial charge in [-0.25, -0.2) is 0 Å². The average molecular weight is 354 g/mol. The largest absolute Gasteiger partial charge is 0.481 e. The van der Waals surface area contributed by atoms with Gasteiger partial charge in [-0.15, -0.1) is 0 Å². The van der Waals surface area contributed by atoms with Crippen molar-refractivity contribution in [3.8, 4) is 5.75 Å². The van der Waals surface area contributed by atoms with Crippen LogP contribution in [0.2, 0.25) is 5.02 Å². The number of rotatable bonds is 4. The fourth-order valence-corrected chi connectivity index (χ4v) is 2.54. The Bertz CT molecular complexity index is 623. The summed E-state index contributed by atoms with van der Waals surface area (Å²) in [5.41, 5.74) is 1.77. The van der Waals surface area contributed by atoms with Gasteiger partial charge in [0.2, 0.25) is 5.78 Å². The van der Waals surface area contributed by atoms with Gasteiger partial charge in [0.25, 0.3) is 0 Å². The van der Waals surface area contributed by atoms with Crippen LogP contribution in [0.15, 0.2) is 46.9 Å². The molecule has 4 heteroatoms. The Morgan fingerprint density at radius 3 is 2.45 bits per heavy atom. The lowest BCUT2D eigenvalue weighted by Gasteiger charge is -2.15. The Balaban J connectivity index is 2.13. The molecule has 0 amide bonds. The summed E-state index contributed by atoms with van der Waals surface area (Å²) in [6, 6.07) is 12.7. The van der Waals surface area contributed by atoms with Crippen molar-refractivity contribution in [2.24, 2.45) is 0 Å². The number of carbonyl (C=O) groups excluding carboxylic acids is 1. The summed E-state index contributed by atoms with van der Waals surface area (Å²) >= 11 is 9.24. The first-order valence-corrected chi connectivity index (χ1v) is 7.37. The van der Waals surface area contributed by atoms with Gasteiger partial charge in [-0.1, -0.05) is 41.4 Å². The van der Waals surface area contributed by atoms with Gasteiger partial charge in [0.15, 0.2) is 6.10 Å². The number of aryl methyl sites for hydroxylation is 1. The third kappa shape index (κ3) is 3.62. The standard InChI is InChI=1S/C16H14BrClO2/c1-10-3-5-12(6-4-10)16(19)11(2)20-15-8-7-13(18)9-14(15)17/h3-9,11H,1-2H3. The molecule has 0 radical (unpaired) electrons. The van der Waals surface area contributed by atoms with E-state index in [9.17, 15) is 4.79 Å². The first-order chi connectivity index (χ1) is 9.47. The Kier molecular flexibility index (Phi) is 4.84. The van der Waals surface area contributed by atoms with Gasteiger partial charge in [0.1, 0.15) is 5.75 Å². The highest BCUT2D eigenvalue weighted by molar-refractivity contribution is 9.10. The molecule has 0 aromatic heterocycles. The van der Waals surface area contributed by atoms with E-state index >= 15 is 0 Å². The molecule has 0 aliphatic heterocycles. The minimum atomic E-state index is -0.560. The van der Waals surface area contributed by atoms with E-state index in [1.54, 1.807) is 25.1 Å². The van der Waals surface area contributed by atoms with Crippen LogP contribution in [-0.4, -0.2) is 11.9 Å². The van der Waals surface area contributed by atoms with Gasteiger partial charge >= 0.3 is 0 Å². The number of carbonyl (C=O) groups is 1. The van der Waals surface area contributed by atoms with E-state index in [4.69, 9.17) is 16.3 Å². The minimum absolute atomic E-state index is 0.0492. The molecule has 2 aromatic rings. The maximum absolute atomic E-state index is 12.3. The number of halogens is 2. The molecule has 2 nitrogen and oxygen atoms in total. The molecular formula is C16H14BrClO2. The van der Waals surface area contributed by atoms with Crippen molar-refractivity contribution in [2.45, 2.75) is 20.0 Å². The molecule has 20 heavy (non-hydrogen) atoms. The molecule has 0 fully saturated rings. The molecule has 2 aromatic carbocycles. The van der Waals surface area contributed by atoms with E-state index in [1.165, 1.54) is 0 Å². The van der Waals surface area contributed by atoms with E-state index < -0.39 is 6.10 Å². The topological polar surface area (TPSA) is 26.3 Å². The van der Waals surface area contributed by atoms with Gasteiger partial charge in [-0.05, 0) is 48.0 Å². The predicted molar refractivity (Wildman–Crippen MR) is 84.8 cm³/mol. The average Bonchev–Trinajstić information content (AvgIpc) is 2.42. The zero-order chi connectivity index (χ0) is 14.7. The Morgan fingerprint density at radius 1 is 1.20 bits per heavy atom. The molecule has 0 saturated carbocycles. The number of benzene rings is 2. The smallest absolute Gasteiger partial charge is 0.202 e. The summed E-state index contributed by atoms with van der Waals surface area (Å²) in [6.45, 7) is 3.72. The van der Waals surface area contributed by atoms with Crippen molar-refractivity contribution in [3.63, 3.8) is 0 Å². The SMILES string of the molecule is Cc1ccc(C(=O)C(C)Oc2ccc(Cl)cc2Br)cc1. The van der Waals surface area contributed by atoms with Crippen LogP contribution < -0.4 is 4.74 Å². The third-order valence-electron chi connectivity index (χ3n) is 2.90. The molecule has 0 N–H and O–H groups in total. The summed E-state index contributed by atoms with van der Waals surface area (Å²) in [5.74, 6) is 0.550. The summed E-state index contributed by atoms with van der Waals surface area (Å²) in [7, 11) is 0. The van der Waals surface area contributed by atoms with E-state index in [0.29, 0.717) is 16.3 Å². The van der Waals surface area contributed by atoms with Crippen LogP contribution in [0.1, 0.15) is 22.8 Å². The number of ketones is 1. The Hall–Kier alpha value is -1.32. The van der Waals surface area contributed by atoms with E-state index in [1.807, 2.05) is 31.2 Å². The maximum Gasteiger partial charge on any atom is 0.202 e. The lowest BCUT2D eigenvalue weighted by Crippen LogP contribution is -2.24. The number of ether oxygens (including phenoxy) is 1. The second kappa shape index (κ2) is 6.42. The molecule has 2 rings (SSSR count). The van der Waals surface area contributed by atoms with Crippen LogP contribution in [0, 0.1) is 6.92 Å². The van der Waals surface area contributed by atoms with Gasteiger partial charge in [0.05, 0.1) is 4.47 Å². The van der Waals surface area contributed by atoms with Crippen LogP contribution in [-0.2, 0) is 0 Å². The lowest BCUT2D eigenvalue weighted by molar-refractivity contribution is 0.0817. The van der Waals surface area contributed by atoms with Gasteiger partial charge in [-0.3, -0.25) is 4.79 Å².